The first-order valence-corrected chi connectivity index (χ1v) is 39.0. The highest BCUT2D eigenvalue weighted by Gasteiger charge is 2.34. The fourth-order valence-electron chi connectivity index (χ4n) is 13.7. The Morgan fingerprint density at radius 1 is 0.433 bits per heavy atom. The number of allylic oxidation sites excluding steroid dienone is 3. The molecule has 0 fully saturated rings. The minimum absolute atomic E-state index is 0.105. The lowest BCUT2D eigenvalue weighted by Crippen LogP contribution is -2.28. The van der Waals surface area contributed by atoms with Gasteiger partial charge in [0, 0.05) is 28.2 Å². The standard InChI is InChI=1S/C86H114N10O8/c1-7-9-11-13-15-21-27-37-67(39-29-23-17-19-25-35-61-103-85(101)75-41-31-33-43-77(75)89-91-79-65(5)93-95(83(79)99)73-57-49-69(50-58-73)81(97)87-71-53-45-63(3)46-54-71)68(38-28-22-16-14-12-10-8-2)40-30-24-18-20-26-36-62-104-86(102)76-42-32-34-44-78(76)90-92-80-66(6)94-96(84(80)100)74-59-51-70(52-60-74)82(98)88-72-55-47-64(4)48-56-72/h31-34,41-51,53-59,67-68,89-90H,7-30,35-40,52,60-62H2,1-6H3,(H,87,97)(H,88,98)/b91-79-,92-80-. The van der Waals surface area contributed by atoms with Gasteiger partial charge in [-0.25, -0.2) is 9.59 Å². The fraction of sp³-hybridized carbons (Fsp3) is 0.488. The number of unbranched alkanes of at least 4 members (excludes halogenated alkanes) is 22. The van der Waals surface area contributed by atoms with Crippen LogP contribution in [-0.2, 0) is 23.9 Å². The maximum absolute atomic E-state index is 13.6. The molecule has 0 radical (unpaired) electrons. The van der Waals surface area contributed by atoms with Gasteiger partial charge in [-0.2, -0.15) is 30.4 Å². The van der Waals surface area contributed by atoms with Crippen LogP contribution in [0.3, 0.4) is 0 Å². The topological polar surface area (TPSA) is 225 Å². The second-order valence-electron chi connectivity index (χ2n) is 28.3. The Balaban J connectivity index is 0.737. The molecule has 0 aromatic heterocycles. The number of nitrogens with zero attached hydrogens (tertiary/aromatic N) is 6. The average Bonchev–Trinajstić information content (AvgIpc) is 1.66. The number of ether oxygens (including phenoxy) is 2. The van der Waals surface area contributed by atoms with Gasteiger partial charge in [-0.3, -0.25) is 30.0 Å². The van der Waals surface area contributed by atoms with Crippen LogP contribution in [0.15, 0.2) is 165 Å². The molecule has 104 heavy (non-hydrogen) atoms. The van der Waals surface area contributed by atoms with Gasteiger partial charge in [-0.15, -0.1) is 0 Å². The minimum Gasteiger partial charge on any atom is -0.462 e. The molecule has 0 saturated heterocycles. The molecule has 18 nitrogen and oxygen atoms in total. The lowest BCUT2D eigenvalue weighted by atomic mass is 9.78. The molecule has 2 heterocycles. The molecule has 18 heteroatoms. The molecule has 1 aliphatic carbocycles. The highest BCUT2D eigenvalue weighted by atomic mass is 16.5. The van der Waals surface area contributed by atoms with Gasteiger partial charge in [0.05, 0.1) is 52.8 Å². The number of carbonyl (C=O) groups excluding carboxylic acids is 6. The Bertz CT molecular complexity index is 3780. The molecular formula is C86H114N10O8. The quantitative estimate of drug-likeness (QED) is 0.0164. The van der Waals surface area contributed by atoms with Gasteiger partial charge in [0.1, 0.15) is 0 Å². The van der Waals surface area contributed by atoms with E-state index in [2.05, 4.69) is 55.7 Å². The van der Waals surface area contributed by atoms with Crippen LogP contribution in [0.2, 0.25) is 0 Å². The molecule has 0 saturated carbocycles. The molecule has 5 aromatic carbocycles. The summed E-state index contributed by atoms with van der Waals surface area (Å²) >= 11 is 0. The van der Waals surface area contributed by atoms with Gasteiger partial charge in [-0.05, 0) is 144 Å². The van der Waals surface area contributed by atoms with Crippen molar-refractivity contribution < 1.29 is 38.2 Å². The van der Waals surface area contributed by atoms with E-state index in [1.54, 1.807) is 98.8 Å². The summed E-state index contributed by atoms with van der Waals surface area (Å²) in [5.41, 5.74) is 14.3. The summed E-state index contributed by atoms with van der Waals surface area (Å²) in [5.74, 6) is -0.655. The smallest absolute Gasteiger partial charge is 0.340 e. The van der Waals surface area contributed by atoms with Crippen molar-refractivity contribution in [3.8, 4) is 0 Å². The Morgan fingerprint density at radius 3 is 1.24 bits per heavy atom. The Morgan fingerprint density at radius 2 is 0.817 bits per heavy atom. The van der Waals surface area contributed by atoms with Crippen molar-refractivity contribution in [2.24, 2.45) is 32.2 Å². The third-order valence-electron chi connectivity index (χ3n) is 20.0. The van der Waals surface area contributed by atoms with E-state index in [-0.39, 0.29) is 23.2 Å². The van der Waals surface area contributed by atoms with E-state index in [4.69, 9.17) is 9.47 Å². The van der Waals surface area contributed by atoms with Gasteiger partial charge in [-0.1, -0.05) is 259 Å². The van der Waals surface area contributed by atoms with Gasteiger partial charge >= 0.3 is 23.8 Å². The second-order valence-corrected chi connectivity index (χ2v) is 28.3. The zero-order chi connectivity index (χ0) is 73.7. The van der Waals surface area contributed by atoms with Crippen LogP contribution in [0.25, 0.3) is 0 Å². The third kappa shape index (κ3) is 26.1. The normalized spacial score (nSPS) is 15.0. The molecule has 2 aliphatic heterocycles. The Kier molecular flexibility index (Phi) is 34.3. The van der Waals surface area contributed by atoms with E-state index < -0.39 is 23.8 Å². The number of esters is 2. The molecule has 556 valence electrons. The van der Waals surface area contributed by atoms with Crippen LogP contribution in [0.1, 0.15) is 275 Å². The summed E-state index contributed by atoms with van der Waals surface area (Å²) in [4.78, 5) is 80.0. The molecular weight excluding hydrogens is 1300 g/mol. The van der Waals surface area contributed by atoms with Crippen molar-refractivity contribution in [2.45, 2.75) is 247 Å². The zero-order valence-electron chi connectivity index (χ0n) is 62.8. The Hall–Kier alpha value is -9.32. The number of para-hydroxylation sites is 2. The number of nitrogens with one attached hydrogen (secondary N) is 4. The van der Waals surface area contributed by atoms with Crippen LogP contribution in [0, 0.1) is 25.7 Å². The number of hydrogen-bond acceptors (Lipinski definition) is 14. The van der Waals surface area contributed by atoms with Crippen molar-refractivity contribution in [1.82, 2.24) is 5.01 Å². The average molecular weight is 1420 g/mol. The number of hydrogen-bond donors (Lipinski definition) is 4. The molecule has 4 amide bonds. The number of benzene rings is 5. The highest BCUT2D eigenvalue weighted by molar-refractivity contribution is 6.71. The van der Waals surface area contributed by atoms with Crippen molar-refractivity contribution >= 4 is 86.9 Å². The predicted molar refractivity (Wildman–Crippen MR) is 424 cm³/mol. The Labute approximate surface area is 618 Å². The maximum Gasteiger partial charge on any atom is 0.340 e. The van der Waals surface area contributed by atoms with E-state index in [0.29, 0.717) is 88.2 Å². The highest BCUT2D eigenvalue weighted by Crippen LogP contribution is 2.35. The van der Waals surface area contributed by atoms with Gasteiger partial charge in [0.25, 0.3) is 11.8 Å². The summed E-state index contributed by atoms with van der Waals surface area (Å²) < 4.78 is 11.6. The number of carbonyl (C=O) groups is 6. The molecule has 0 spiro atoms. The largest absolute Gasteiger partial charge is 0.462 e. The first-order valence-electron chi connectivity index (χ1n) is 39.0. The van der Waals surface area contributed by atoms with Gasteiger partial charge < -0.3 is 20.1 Å². The van der Waals surface area contributed by atoms with Crippen LogP contribution in [0.5, 0.6) is 0 Å². The van der Waals surface area contributed by atoms with Crippen molar-refractivity contribution in [3.63, 3.8) is 0 Å². The van der Waals surface area contributed by atoms with Crippen LogP contribution >= 0.6 is 0 Å². The molecule has 0 bridgehead atoms. The van der Waals surface area contributed by atoms with E-state index in [9.17, 15) is 28.8 Å². The summed E-state index contributed by atoms with van der Waals surface area (Å²) in [5, 5.41) is 26.2. The van der Waals surface area contributed by atoms with Crippen molar-refractivity contribution in [2.75, 3.05) is 39.7 Å². The first kappa shape index (κ1) is 80.4. The van der Waals surface area contributed by atoms with Crippen molar-refractivity contribution in [3.05, 3.63) is 173 Å². The third-order valence-corrected chi connectivity index (χ3v) is 20.0. The SMILES string of the molecule is CCCCCCCCCC(CCCCCCCCOC(=O)c1ccccc1N/N=C1\C(=O)N(C2=CC=C(C(=O)Nc3ccc(C)cc3)CC2)N=C1C)C(CCCCCCCCC)CCCCCCCCOC(=O)c1ccccc1N/N=C1\C(=O)N(c2ccc(C(=O)Nc3ccc(C)cc3)cc2)N=C1C. The predicted octanol–water partition coefficient (Wildman–Crippen LogP) is 21.0. The molecule has 8 rings (SSSR count). The number of aryl methyl sites for hydroxylation is 2. The molecule has 4 N–H and O–H groups in total. The van der Waals surface area contributed by atoms with Crippen LogP contribution in [-0.4, -0.2) is 76.6 Å². The summed E-state index contributed by atoms with van der Waals surface area (Å²) in [7, 11) is 0. The summed E-state index contributed by atoms with van der Waals surface area (Å²) in [6.07, 6.45) is 41.3. The summed E-state index contributed by atoms with van der Waals surface area (Å²) in [6, 6.07) is 35.8. The van der Waals surface area contributed by atoms with E-state index in [0.717, 1.165) is 67.2 Å². The molecule has 3 aliphatic rings. The first-order chi connectivity index (χ1) is 50.7. The lowest BCUT2D eigenvalue weighted by molar-refractivity contribution is -0.121. The number of anilines is 5. The summed E-state index contributed by atoms with van der Waals surface area (Å²) in [6.45, 7) is 12.6. The number of amides is 4. The second kappa shape index (κ2) is 44.4. The fourth-order valence-corrected chi connectivity index (χ4v) is 13.7. The van der Waals surface area contributed by atoms with E-state index in [1.165, 1.54) is 164 Å². The molecule has 2 unspecified atom stereocenters. The molecule has 5 aromatic rings. The number of hydrazone groups is 4. The molecule has 2 atom stereocenters. The maximum atomic E-state index is 13.6. The van der Waals surface area contributed by atoms with Gasteiger partial charge in [0.15, 0.2) is 11.4 Å². The van der Waals surface area contributed by atoms with E-state index in [1.807, 2.05) is 62.4 Å². The van der Waals surface area contributed by atoms with E-state index >= 15 is 0 Å². The van der Waals surface area contributed by atoms with Crippen LogP contribution in [0.4, 0.5) is 28.4 Å². The van der Waals surface area contributed by atoms with Gasteiger partial charge in [0.2, 0.25) is 0 Å². The minimum atomic E-state index is -0.452. The van der Waals surface area contributed by atoms with Crippen LogP contribution < -0.4 is 26.5 Å². The van der Waals surface area contributed by atoms with Crippen molar-refractivity contribution in [1.29, 1.82) is 0 Å². The zero-order valence-corrected chi connectivity index (χ0v) is 62.8. The lowest BCUT2D eigenvalue weighted by Gasteiger charge is -2.28. The monoisotopic (exact) mass is 1410 g/mol. The number of rotatable bonds is 47.